The van der Waals surface area contributed by atoms with E-state index in [1.165, 1.54) is 44.2 Å². The van der Waals surface area contributed by atoms with Gasteiger partial charge in [-0.2, -0.15) is 0 Å². The molecule has 0 spiro atoms. The van der Waals surface area contributed by atoms with E-state index in [1.54, 1.807) is 12.1 Å². The quantitative estimate of drug-likeness (QED) is 0.865. The molecule has 1 fully saturated rings. The van der Waals surface area contributed by atoms with Gasteiger partial charge in [-0.25, -0.2) is 14.4 Å². The lowest BCUT2D eigenvalue weighted by molar-refractivity contribution is 0.462. The van der Waals surface area contributed by atoms with E-state index in [1.807, 2.05) is 13.0 Å². The third kappa shape index (κ3) is 4.65. The lowest BCUT2D eigenvalue weighted by Gasteiger charge is -2.23. The van der Waals surface area contributed by atoms with Crippen LogP contribution in [0.4, 0.5) is 16.0 Å². The first-order valence-electron chi connectivity index (χ1n) is 8.29. The Kier molecular flexibility index (Phi) is 5.05. The predicted octanol–water partition coefficient (Wildman–Crippen LogP) is 4.28. The highest BCUT2D eigenvalue weighted by Crippen LogP contribution is 2.22. The van der Waals surface area contributed by atoms with Crippen molar-refractivity contribution in [2.24, 2.45) is 0 Å². The second kappa shape index (κ2) is 7.40. The number of rotatable bonds is 5. The van der Waals surface area contributed by atoms with Crippen molar-refractivity contribution in [2.75, 3.05) is 10.6 Å². The van der Waals surface area contributed by atoms with E-state index in [-0.39, 0.29) is 5.82 Å². The van der Waals surface area contributed by atoms with Crippen molar-refractivity contribution in [3.8, 4) is 0 Å². The zero-order chi connectivity index (χ0) is 16.1. The van der Waals surface area contributed by atoms with Gasteiger partial charge in [0.05, 0.1) is 0 Å². The van der Waals surface area contributed by atoms with Crippen molar-refractivity contribution in [1.29, 1.82) is 0 Å². The fraction of sp³-hybridized carbons (Fsp3) is 0.444. The molecule has 0 atom stereocenters. The molecule has 1 aliphatic carbocycles. The van der Waals surface area contributed by atoms with Gasteiger partial charge in [0.2, 0.25) is 0 Å². The summed E-state index contributed by atoms with van der Waals surface area (Å²) in [4.78, 5) is 8.91. The van der Waals surface area contributed by atoms with Gasteiger partial charge in [-0.1, -0.05) is 31.4 Å². The van der Waals surface area contributed by atoms with Gasteiger partial charge in [0.25, 0.3) is 0 Å². The van der Waals surface area contributed by atoms with Gasteiger partial charge in [-0.05, 0) is 37.5 Å². The van der Waals surface area contributed by atoms with Crippen LogP contribution in [0.2, 0.25) is 0 Å². The van der Waals surface area contributed by atoms with Crippen LogP contribution in [0.1, 0.15) is 43.5 Å². The first-order valence-corrected chi connectivity index (χ1v) is 8.29. The molecule has 2 aromatic rings. The van der Waals surface area contributed by atoms with E-state index in [0.29, 0.717) is 12.6 Å². The van der Waals surface area contributed by atoms with E-state index in [4.69, 9.17) is 0 Å². The summed E-state index contributed by atoms with van der Waals surface area (Å²) >= 11 is 0. The van der Waals surface area contributed by atoms with Crippen molar-refractivity contribution < 1.29 is 4.39 Å². The Morgan fingerprint density at radius 1 is 1.04 bits per heavy atom. The maximum atomic E-state index is 12.9. The van der Waals surface area contributed by atoms with Crippen molar-refractivity contribution in [3.05, 3.63) is 47.5 Å². The fourth-order valence-electron chi connectivity index (χ4n) is 2.98. The van der Waals surface area contributed by atoms with Crippen LogP contribution in [-0.4, -0.2) is 16.0 Å². The molecule has 4 nitrogen and oxygen atoms in total. The molecule has 0 bridgehead atoms. The average molecular weight is 314 g/mol. The molecule has 1 aromatic carbocycles. The zero-order valence-electron chi connectivity index (χ0n) is 13.5. The zero-order valence-corrected chi connectivity index (χ0v) is 13.5. The molecule has 0 radical (unpaired) electrons. The van der Waals surface area contributed by atoms with Crippen LogP contribution in [0.5, 0.6) is 0 Å². The summed E-state index contributed by atoms with van der Waals surface area (Å²) in [5.74, 6) is 2.20. The molecule has 0 saturated heterocycles. The monoisotopic (exact) mass is 314 g/mol. The first kappa shape index (κ1) is 15.7. The standard InChI is InChI=1S/C18H23FN4/c1-13-21-17(20-12-14-7-9-15(19)10-8-14)11-18(22-13)23-16-5-3-2-4-6-16/h7-11,16H,2-6,12H2,1H3,(H2,20,21,22,23). The van der Waals surface area contributed by atoms with Crippen LogP contribution in [-0.2, 0) is 6.54 Å². The lowest BCUT2D eigenvalue weighted by Crippen LogP contribution is -2.23. The van der Waals surface area contributed by atoms with Crippen LogP contribution < -0.4 is 10.6 Å². The number of nitrogens with one attached hydrogen (secondary N) is 2. The van der Waals surface area contributed by atoms with Gasteiger partial charge in [0.15, 0.2) is 0 Å². The van der Waals surface area contributed by atoms with Crippen molar-refractivity contribution in [3.63, 3.8) is 0 Å². The molecule has 2 N–H and O–H groups in total. The summed E-state index contributed by atoms with van der Waals surface area (Å²) in [5, 5.41) is 6.81. The summed E-state index contributed by atoms with van der Waals surface area (Å²) in [7, 11) is 0. The van der Waals surface area contributed by atoms with Gasteiger partial charge in [-0.3, -0.25) is 0 Å². The smallest absolute Gasteiger partial charge is 0.132 e. The fourth-order valence-corrected chi connectivity index (χ4v) is 2.98. The Labute approximate surface area is 136 Å². The van der Waals surface area contributed by atoms with Gasteiger partial charge in [0, 0.05) is 18.7 Å². The minimum atomic E-state index is -0.217. The van der Waals surface area contributed by atoms with Crippen LogP contribution >= 0.6 is 0 Å². The minimum Gasteiger partial charge on any atom is -0.367 e. The number of nitrogens with zero attached hydrogens (tertiary/aromatic N) is 2. The van der Waals surface area contributed by atoms with Gasteiger partial charge in [-0.15, -0.1) is 0 Å². The maximum absolute atomic E-state index is 12.9. The number of anilines is 2. The molecule has 0 aliphatic heterocycles. The Morgan fingerprint density at radius 3 is 2.48 bits per heavy atom. The molecule has 5 heteroatoms. The second-order valence-corrected chi connectivity index (χ2v) is 6.14. The van der Waals surface area contributed by atoms with Crippen molar-refractivity contribution in [2.45, 2.75) is 51.6 Å². The molecule has 0 unspecified atom stereocenters. The van der Waals surface area contributed by atoms with E-state index in [9.17, 15) is 4.39 Å². The molecule has 3 rings (SSSR count). The summed E-state index contributed by atoms with van der Waals surface area (Å²) in [5.41, 5.74) is 1.02. The van der Waals surface area contributed by atoms with Crippen LogP contribution in [0.15, 0.2) is 30.3 Å². The summed E-state index contributed by atoms with van der Waals surface area (Å²) in [6, 6.07) is 8.96. The third-order valence-electron chi connectivity index (χ3n) is 4.18. The SMILES string of the molecule is Cc1nc(NCc2ccc(F)cc2)cc(NC2CCCCC2)n1. The molecule has 23 heavy (non-hydrogen) atoms. The van der Waals surface area contributed by atoms with Gasteiger partial charge in [0.1, 0.15) is 23.3 Å². The number of aryl methyl sites for hydroxylation is 1. The Balaban J connectivity index is 1.63. The van der Waals surface area contributed by atoms with Gasteiger partial charge < -0.3 is 10.6 Å². The Morgan fingerprint density at radius 2 is 1.74 bits per heavy atom. The Hall–Kier alpha value is -2.17. The summed E-state index contributed by atoms with van der Waals surface area (Å²) < 4.78 is 12.9. The molecular formula is C18H23FN4. The Bertz CT molecular complexity index is 636. The molecular weight excluding hydrogens is 291 g/mol. The number of halogens is 1. The van der Waals surface area contributed by atoms with Crippen LogP contribution in [0.25, 0.3) is 0 Å². The maximum Gasteiger partial charge on any atom is 0.132 e. The normalized spacial score (nSPS) is 15.4. The number of hydrogen-bond donors (Lipinski definition) is 2. The van der Waals surface area contributed by atoms with Gasteiger partial charge >= 0.3 is 0 Å². The first-order chi connectivity index (χ1) is 11.2. The predicted molar refractivity (Wildman–Crippen MR) is 91.0 cm³/mol. The average Bonchev–Trinajstić information content (AvgIpc) is 2.55. The molecule has 1 aromatic heterocycles. The summed E-state index contributed by atoms with van der Waals surface area (Å²) in [6.45, 7) is 2.51. The second-order valence-electron chi connectivity index (χ2n) is 6.14. The molecule has 1 heterocycles. The number of hydrogen-bond acceptors (Lipinski definition) is 4. The number of benzene rings is 1. The molecule has 0 amide bonds. The van der Waals surface area contributed by atoms with Crippen LogP contribution in [0, 0.1) is 12.7 Å². The van der Waals surface area contributed by atoms with E-state index in [2.05, 4.69) is 20.6 Å². The largest absolute Gasteiger partial charge is 0.367 e. The van der Waals surface area contributed by atoms with E-state index in [0.717, 1.165) is 23.0 Å². The molecule has 1 saturated carbocycles. The van der Waals surface area contributed by atoms with Crippen molar-refractivity contribution >= 4 is 11.6 Å². The lowest BCUT2D eigenvalue weighted by atomic mass is 9.95. The highest BCUT2D eigenvalue weighted by Gasteiger charge is 2.14. The molecule has 122 valence electrons. The molecule has 1 aliphatic rings. The number of aromatic nitrogens is 2. The van der Waals surface area contributed by atoms with E-state index >= 15 is 0 Å². The summed E-state index contributed by atoms with van der Waals surface area (Å²) in [6.07, 6.45) is 6.34. The third-order valence-corrected chi connectivity index (χ3v) is 4.18. The van der Waals surface area contributed by atoms with E-state index < -0.39 is 0 Å². The highest BCUT2D eigenvalue weighted by atomic mass is 19.1. The highest BCUT2D eigenvalue weighted by molar-refractivity contribution is 5.48. The van der Waals surface area contributed by atoms with Crippen LogP contribution in [0.3, 0.4) is 0 Å². The topological polar surface area (TPSA) is 49.8 Å². The van der Waals surface area contributed by atoms with Crippen molar-refractivity contribution in [1.82, 2.24) is 9.97 Å². The minimum absolute atomic E-state index is 0.217.